The zero-order valence-corrected chi connectivity index (χ0v) is 17.1. The van der Waals surface area contributed by atoms with E-state index in [2.05, 4.69) is 5.32 Å². The second-order valence-electron chi connectivity index (χ2n) is 5.77. The van der Waals surface area contributed by atoms with E-state index in [0.29, 0.717) is 35.1 Å². The number of hydrogen-bond donors (Lipinski definition) is 1. The Kier molecular flexibility index (Phi) is 7.24. The van der Waals surface area contributed by atoms with Crippen LogP contribution < -0.4 is 10.1 Å². The Balaban J connectivity index is 2.30. The van der Waals surface area contributed by atoms with Crippen molar-refractivity contribution in [2.75, 3.05) is 25.5 Å². The lowest BCUT2D eigenvalue weighted by atomic mass is 10.1. The van der Waals surface area contributed by atoms with Crippen LogP contribution >= 0.6 is 11.6 Å². The van der Waals surface area contributed by atoms with Crippen molar-refractivity contribution in [1.82, 2.24) is 4.31 Å². The van der Waals surface area contributed by atoms with Gasteiger partial charge in [-0.3, -0.25) is 4.79 Å². The molecule has 0 saturated heterocycles. The molecule has 0 bridgehead atoms. The van der Waals surface area contributed by atoms with E-state index in [-0.39, 0.29) is 17.2 Å². The third kappa shape index (κ3) is 5.00. The summed E-state index contributed by atoms with van der Waals surface area (Å²) in [5, 5.41) is 3.22. The average molecular weight is 411 g/mol. The second kappa shape index (κ2) is 9.21. The van der Waals surface area contributed by atoms with E-state index in [0.717, 1.165) is 0 Å². The molecule has 1 N–H and O–H groups in total. The van der Waals surface area contributed by atoms with Crippen LogP contribution in [-0.2, 0) is 21.2 Å². The van der Waals surface area contributed by atoms with Crippen molar-refractivity contribution in [1.29, 1.82) is 0 Å². The first-order chi connectivity index (χ1) is 12.8. The first-order valence-electron chi connectivity index (χ1n) is 8.54. The van der Waals surface area contributed by atoms with Crippen LogP contribution in [0.25, 0.3) is 0 Å². The Morgan fingerprint density at radius 1 is 1.15 bits per heavy atom. The largest absolute Gasteiger partial charge is 0.495 e. The fourth-order valence-corrected chi connectivity index (χ4v) is 4.35. The number of hydrogen-bond acceptors (Lipinski definition) is 4. The summed E-state index contributed by atoms with van der Waals surface area (Å²) in [6.45, 7) is 4.27. The maximum Gasteiger partial charge on any atom is 0.243 e. The topological polar surface area (TPSA) is 75.7 Å². The maximum absolute atomic E-state index is 12.7. The van der Waals surface area contributed by atoms with Gasteiger partial charge in [0.1, 0.15) is 5.75 Å². The fraction of sp³-hybridized carbons (Fsp3) is 0.316. The monoisotopic (exact) mass is 410 g/mol. The van der Waals surface area contributed by atoms with Crippen molar-refractivity contribution >= 4 is 33.2 Å². The van der Waals surface area contributed by atoms with Gasteiger partial charge in [0.25, 0.3) is 0 Å². The molecule has 0 aliphatic carbocycles. The number of nitrogens with zero attached hydrogens (tertiary/aromatic N) is 1. The zero-order valence-electron chi connectivity index (χ0n) is 15.5. The molecule has 1 amide bonds. The highest BCUT2D eigenvalue weighted by molar-refractivity contribution is 7.89. The van der Waals surface area contributed by atoms with Gasteiger partial charge in [0.05, 0.1) is 24.1 Å². The van der Waals surface area contributed by atoms with Crippen LogP contribution in [0, 0.1) is 0 Å². The smallest absolute Gasteiger partial charge is 0.243 e. The van der Waals surface area contributed by atoms with E-state index < -0.39 is 10.0 Å². The molecule has 146 valence electrons. The average Bonchev–Trinajstić information content (AvgIpc) is 2.64. The summed E-state index contributed by atoms with van der Waals surface area (Å²) >= 11 is 6.09. The number of halogens is 1. The molecule has 2 aromatic rings. The Hall–Kier alpha value is -2.09. The molecule has 2 rings (SSSR count). The zero-order chi connectivity index (χ0) is 20.0. The first kappa shape index (κ1) is 21.2. The molecular formula is C19H23ClN2O4S. The van der Waals surface area contributed by atoms with Crippen LogP contribution in [0.15, 0.2) is 47.4 Å². The van der Waals surface area contributed by atoms with E-state index in [4.69, 9.17) is 16.3 Å². The summed E-state index contributed by atoms with van der Waals surface area (Å²) in [4.78, 5) is 12.5. The summed E-state index contributed by atoms with van der Waals surface area (Å²) in [6.07, 6.45) is 0.0653. The van der Waals surface area contributed by atoms with Crippen LogP contribution in [0.3, 0.4) is 0 Å². The summed E-state index contributed by atoms with van der Waals surface area (Å²) in [7, 11) is -2.19. The van der Waals surface area contributed by atoms with Crippen LogP contribution in [0.1, 0.15) is 19.4 Å². The number of anilines is 1. The Morgan fingerprint density at radius 2 is 1.81 bits per heavy atom. The van der Waals surface area contributed by atoms with E-state index in [1.165, 1.54) is 29.6 Å². The minimum absolute atomic E-state index is 0.0653. The summed E-state index contributed by atoms with van der Waals surface area (Å²) in [5.41, 5.74) is 0.977. The van der Waals surface area contributed by atoms with Gasteiger partial charge in [-0.2, -0.15) is 4.31 Å². The van der Waals surface area contributed by atoms with Crippen molar-refractivity contribution in [2.24, 2.45) is 0 Å². The molecule has 0 fully saturated rings. The molecule has 8 heteroatoms. The minimum atomic E-state index is -3.64. The number of rotatable bonds is 8. The van der Waals surface area contributed by atoms with Gasteiger partial charge in [-0.05, 0) is 29.8 Å². The van der Waals surface area contributed by atoms with Crippen molar-refractivity contribution < 1.29 is 17.9 Å². The Morgan fingerprint density at radius 3 is 2.41 bits per heavy atom. The van der Waals surface area contributed by atoms with Crippen LogP contribution in [-0.4, -0.2) is 38.8 Å². The highest BCUT2D eigenvalue weighted by Crippen LogP contribution is 2.29. The SMILES string of the molecule is CCN(CC)S(=O)(=O)c1ccc(OC)c(NC(=O)Cc2ccccc2Cl)c1. The van der Waals surface area contributed by atoms with E-state index >= 15 is 0 Å². The molecule has 0 aromatic heterocycles. The van der Waals surface area contributed by atoms with E-state index in [1.807, 2.05) is 0 Å². The van der Waals surface area contributed by atoms with Gasteiger partial charge in [0, 0.05) is 18.1 Å². The number of methoxy groups -OCH3 is 1. The first-order valence-corrected chi connectivity index (χ1v) is 10.4. The van der Waals surface area contributed by atoms with Crippen molar-refractivity contribution in [3.8, 4) is 5.75 Å². The summed E-state index contributed by atoms with van der Waals surface area (Å²) in [6, 6.07) is 11.5. The molecule has 0 aliphatic heterocycles. The Labute approximate surface area is 165 Å². The predicted octanol–water partition coefficient (Wildman–Crippen LogP) is 3.56. The fourth-order valence-electron chi connectivity index (χ4n) is 2.67. The molecule has 0 heterocycles. The van der Waals surface area contributed by atoms with Crippen LogP contribution in [0.5, 0.6) is 5.75 Å². The molecule has 0 atom stereocenters. The van der Waals surface area contributed by atoms with Gasteiger partial charge in [0.2, 0.25) is 15.9 Å². The summed E-state index contributed by atoms with van der Waals surface area (Å²) < 4.78 is 32.0. The molecular weight excluding hydrogens is 388 g/mol. The quantitative estimate of drug-likeness (QED) is 0.721. The number of ether oxygens (including phenoxy) is 1. The molecule has 0 radical (unpaired) electrons. The molecule has 0 aliphatic rings. The van der Waals surface area contributed by atoms with Gasteiger partial charge < -0.3 is 10.1 Å². The maximum atomic E-state index is 12.7. The number of nitrogens with one attached hydrogen (secondary N) is 1. The predicted molar refractivity (Wildman–Crippen MR) is 107 cm³/mol. The van der Waals surface area contributed by atoms with E-state index in [1.54, 1.807) is 38.1 Å². The van der Waals surface area contributed by atoms with Gasteiger partial charge in [-0.1, -0.05) is 43.6 Å². The number of carbonyl (C=O) groups is 1. The molecule has 0 unspecified atom stereocenters. The molecule has 27 heavy (non-hydrogen) atoms. The lowest BCUT2D eigenvalue weighted by Gasteiger charge is -2.19. The number of amides is 1. The standard InChI is InChI=1S/C19H23ClN2O4S/c1-4-22(5-2)27(24,25)15-10-11-18(26-3)17(13-15)21-19(23)12-14-8-6-7-9-16(14)20/h6-11,13H,4-5,12H2,1-3H3,(H,21,23). The lowest BCUT2D eigenvalue weighted by Crippen LogP contribution is -2.30. The summed E-state index contributed by atoms with van der Waals surface area (Å²) in [5.74, 6) is 0.0554. The minimum Gasteiger partial charge on any atom is -0.495 e. The van der Waals surface area contributed by atoms with Gasteiger partial charge in [-0.25, -0.2) is 8.42 Å². The lowest BCUT2D eigenvalue weighted by molar-refractivity contribution is -0.115. The number of sulfonamides is 1. The highest BCUT2D eigenvalue weighted by Gasteiger charge is 2.23. The van der Waals surface area contributed by atoms with Crippen molar-refractivity contribution in [2.45, 2.75) is 25.2 Å². The number of carbonyl (C=O) groups excluding carboxylic acids is 1. The molecule has 0 saturated carbocycles. The normalized spacial score (nSPS) is 11.4. The molecule has 0 spiro atoms. The Bertz CT molecular complexity index is 912. The van der Waals surface area contributed by atoms with Gasteiger partial charge in [0.15, 0.2) is 0 Å². The van der Waals surface area contributed by atoms with Gasteiger partial charge in [-0.15, -0.1) is 0 Å². The number of benzene rings is 2. The third-order valence-electron chi connectivity index (χ3n) is 4.10. The van der Waals surface area contributed by atoms with E-state index in [9.17, 15) is 13.2 Å². The second-order valence-corrected chi connectivity index (χ2v) is 8.11. The molecule has 6 nitrogen and oxygen atoms in total. The van der Waals surface area contributed by atoms with Crippen molar-refractivity contribution in [3.63, 3.8) is 0 Å². The van der Waals surface area contributed by atoms with Crippen LogP contribution in [0.2, 0.25) is 5.02 Å². The van der Waals surface area contributed by atoms with Crippen molar-refractivity contribution in [3.05, 3.63) is 53.1 Å². The highest BCUT2D eigenvalue weighted by atomic mass is 35.5. The third-order valence-corrected chi connectivity index (χ3v) is 6.51. The van der Waals surface area contributed by atoms with Crippen LogP contribution in [0.4, 0.5) is 5.69 Å². The van der Waals surface area contributed by atoms with Gasteiger partial charge >= 0.3 is 0 Å². The molecule has 2 aromatic carbocycles.